The minimum absolute atomic E-state index is 1.27. The van der Waals surface area contributed by atoms with Gasteiger partial charge in [0, 0.05) is 175 Å². The number of hydrogen-bond acceptors (Lipinski definition) is 0. The lowest BCUT2D eigenvalue weighted by Gasteiger charge is -2.56. The van der Waals surface area contributed by atoms with Crippen LogP contribution in [0.15, 0.2) is 0 Å². The lowest BCUT2D eigenvalue weighted by molar-refractivity contribution is 3.20. The molecule has 0 spiro atoms. The first-order chi connectivity index (χ1) is 30.4. The van der Waals surface area contributed by atoms with E-state index < -0.39 is 204 Å². The fraction of sp³-hybridized carbons (Fsp3) is 0. The molecule has 0 bridgehead atoms. The van der Waals surface area contributed by atoms with Crippen LogP contribution in [-0.2, 0) is 0 Å². The van der Waals surface area contributed by atoms with Crippen molar-refractivity contribution in [2.24, 2.45) is 0 Å². The van der Waals surface area contributed by atoms with Crippen molar-refractivity contribution < 1.29 is 0 Å². The highest BCUT2D eigenvalue weighted by Gasteiger charge is 2.59. The third kappa shape index (κ3) is 20.0. The Balaban J connectivity index is 10.6. The van der Waals surface area contributed by atoms with Gasteiger partial charge >= 0.3 is 0 Å². The molecule has 70 radical (unpaired) electrons. The fourth-order valence-electron chi connectivity index (χ4n) is 11.3. The zero-order valence-electron chi connectivity index (χ0n) is 38.7. The molecule has 0 saturated heterocycles. The van der Waals surface area contributed by atoms with E-state index >= 15 is 0 Å². The van der Waals surface area contributed by atoms with Crippen LogP contribution in [0.25, 0.3) is 0 Å². The first-order valence-electron chi connectivity index (χ1n) is 22.0. The van der Waals surface area contributed by atoms with E-state index in [1.165, 1.54) is 0 Å². The van der Waals surface area contributed by atoms with E-state index in [1.807, 2.05) is 0 Å². The van der Waals surface area contributed by atoms with Gasteiger partial charge in [0.1, 0.15) is 0 Å². The van der Waals surface area contributed by atoms with Gasteiger partial charge in [0.25, 0.3) is 0 Å². The van der Waals surface area contributed by atoms with Crippen molar-refractivity contribution >= 4 is 474 Å². The zero-order valence-corrected chi connectivity index (χ0v) is 38.7. The van der Waals surface area contributed by atoms with Crippen LogP contribution in [0.2, 0.25) is 0 Å². The molecule has 0 aromatic rings. The summed E-state index contributed by atoms with van der Waals surface area (Å²) >= 11 is 0. The van der Waals surface area contributed by atoms with Crippen LogP contribution in [0.1, 0.15) is 0 Å². The van der Waals surface area contributed by atoms with E-state index in [0.29, 0.717) is 0 Å². The lowest BCUT2D eigenvalue weighted by Crippen LogP contribution is -2.93. The molecule has 67 heavy (non-hydrogen) atoms. The molecule has 0 aliphatic carbocycles. The van der Waals surface area contributed by atoms with Gasteiger partial charge in [0.15, 0.2) is 0 Å². The first-order valence-corrected chi connectivity index (χ1v) is 22.0. The highest BCUT2D eigenvalue weighted by atomic mass is 13.4. The summed E-state index contributed by atoms with van der Waals surface area (Å²) in [5.41, 5.74) is 0. The largest absolute Gasteiger partial charge is 0.687 e. The van der Waals surface area contributed by atoms with Crippen LogP contribution in [0.5, 0.6) is 0 Å². The van der Waals surface area contributed by atoms with Gasteiger partial charge in [-0.3, -0.25) is 0 Å². The molecule has 0 saturated carbocycles. The van der Waals surface area contributed by atoms with E-state index in [9.17, 15) is 0 Å². The second-order valence-corrected chi connectivity index (χ2v) is 18.7. The van der Waals surface area contributed by atoms with E-state index in [2.05, 4.69) is 0 Å². The van der Waals surface area contributed by atoms with Gasteiger partial charge in [-0.2, -0.15) is 0 Å². The Kier molecular flexibility index (Phi) is 35.1. The standard InChI is InChI=1S/B67/c1-36(2)55(37(3)4)63(52(33)34)67(62(50(29)30)51(31)32)54(66(60(46(21)22)47(23)24)61(48(25)26)49(27)28)35-53(64(56(38(5)6)39(7)8)57(40(9)10)41(11)12)65(58(42(13)14)43(15)16)59(44(17)18)45(19)20/q-1. The molecule has 67 heteroatoms. The highest BCUT2D eigenvalue weighted by Crippen LogP contribution is 2.21. The van der Waals surface area contributed by atoms with Crippen LogP contribution in [0, 0.1) is 0 Å². The second-order valence-electron chi connectivity index (χ2n) is 18.7. The zero-order chi connectivity index (χ0) is 53.2. The Hall–Kier alpha value is 4.35. The highest BCUT2D eigenvalue weighted by molar-refractivity contribution is 8.35. The number of rotatable bonds is 32. The Morgan fingerprint density at radius 2 is 0.284 bits per heavy atom. The SMILES string of the molecule is [B]B([B])B(B([B])[B])B(B([B]B(B(B(B([B])[B])B([B])[B])B(B([B])[B])B([B])[B])B(B(B([B])[B])B([B])[B])B(B([B])[B])B(B([B])[B])B([B])[B-])B(B(B([B])[B])B([B])[B])B(B([B])[B])B([B])[B])B(B([B])[B])B([B])[B]. The van der Waals surface area contributed by atoms with Crippen LogP contribution in [0.3, 0.4) is 0 Å². The van der Waals surface area contributed by atoms with Crippen LogP contribution < -0.4 is 0 Å². The molecule has 0 aromatic carbocycles. The molecule has 0 N–H and O–H groups in total. The molecule has 0 aromatic heterocycles. The molecule has 0 amide bonds. The molecule has 0 unspecified atom stereocenters. The summed E-state index contributed by atoms with van der Waals surface area (Å²) in [6.45, 7) is 0. The molecule has 0 rings (SSSR count). The molecule has 0 aliphatic rings. The van der Waals surface area contributed by atoms with Crippen molar-refractivity contribution in [1.29, 1.82) is 0 Å². The molecule has 0 heterocycles. The maximum Gasteiger partial charge on any atom is 0 e. The van der Waals surface area contributed by atoms with Crippen LogP contribution >= 0.6 is 0 Å². The molecular weight excluding hydrogens is 724 g/mol. The van der Waals surface area contributed by atoms with E-state index in [4.69, 9.17) is 263 Å². The molecule has 0 aliphatic heterocycles. The smallest absolute Gasteiger partial charge is 0 e. The van der Waals surface area contributed by atoms with Gasteiger partial charge in [0.2, 0.25) is 0 Å². The van der Waals surface area contributed by atoms with Crippen molar-refractivity contribution in [1.82, 2.24) is 0 Å². The predicted molar refractivity (Wildman–Crippen MR) is 386 cm³/mol. The minimum atomic E-state index is -1.51. The second kappa shape index (κ2) is 32.9. The molecule has 0 nitrogen and oxygen atoms in total. The van der Waals surface area contributed by atoms with E-state index in [1.54, 1.807) is 7.06 Å². The molecule has 202 valence electrons. The first kappa shape index (κ1) is 71.4. The summed E-state index contributed by atoms with van der Waals surface area (Å²) in [4.78, 5) is 0. The minimum Gasteiger partial charge on any atom is -0.687 e. The third-order valence-corrected chi connectivity index (χ3v) is 13.8. The van der Waals surface area contributed by atoms with Gasteiger partial charge in [0.05, 0.1) is 0 Å². The van der Waals surface area contributed by atoms with Crippen molar-refractivity contribution in [2.45, 2.75) is 0 Å². The van der Waals surface area contributed by atoms with Gasteiger partial charge in [-0.1, -0.05) is 0 Å². The summed E-state index contributed by atoms with van der Waals surface area (Å²) in [7, 11) is 226. The van der Waals surface area contributed by atoms with Crippen molar-refractivity contribution in [2.75, 3.05) is 0 Å². The van der Waals surface area contributed by atoms with Crippen molar-refractivity contribution in [3.05, 3.63) is 0 Å². The van der Waals surface area contributed by atoms with Crippen molar-refractivity contribution in [3.8, 4) is 0 Å². The summed E-state index contributed by atoms with van der Waals surface area (Å²) in [5, 5.41) is 0. The Morgan fingerprint density at radius 3 is 0.388 bits per heavy atom. The van der Waals surface area contributed by atoms with Crippen LogP contribution in [0.4, 0.5) is 0 Å². The summed E-state index contributed by atoms with van der Waals surface area (Å²) in [6, 6.07) is 0. The molecule has 0 fully saturated rings. The quantitative estimate of drug-likeness (QED) is 0.0606. The number of hydrogen-bond donors (Lipinski definition) is 0. The lowest BCUT2D eigenvalue weighted by atomic mass is 8.26. The van der Waals surface area contributed by atoms with Crippen molar-refractivity contribution in [3.63, 3.8) is 0 Å². The van der Waals surface area contributed by atoms with E-state index in [-0.39, 0.29) is 0 Å². The fourth-order valence-corrected chi connectivity index (χ4v) is 11.3. The molecule has 0 atom stereocenters. The van der Waals surface area contributed by atoms with Gasteiger partial charge in [-0.15, -0.1) is 0 Å². The topological polar surface area (TPSA) is 0 Å². The summed E-state index contributed by atoms with van der Waals surface area (Å²) in [5.74, 6) is 0. The Labute approximate surface area is 470 Å². The third-order valence-electron chi connectivity index (χ3n) is 13.8. The Bertz CT molecular complexity index is 1080. The summed E-state index contributed by atoms with van der Waals surface area (Å²) in [6.07, 6.45) is -45.3. The average molecular weight is 724 g/mol. The molecular formula is B67-. The predicted octanol–water partition coefficient (Wildman–Crippen LogP) is -25.5. The van der Waals surface area contributed by atoms with Gasteiger partial charge in [-0.05, 0) is 285 Å². The maximum absolute atomic E-state index is 6.76. The van der Waals surface area contributed by atoms with E-state index in [0.717, 1.165) is 0 Å². The monoisotopic (exact) mass is 738 g/mol. The van der Waals surface area contributed by atoms with Gasteiger partial charge in [-0.25, -0.2) is 6.39 Å². The maximum atomic E-state index is 6.76. The normalized spacial score (nSPS) is 9.75. The summed E-state index contributed by atoms with van der Waals surface area (Å²) < 4.78 is 0. The average Bonchev–Trinajstić information content (AvgIpc) is 3.10. The van der Waals surface area contributed by atoms with Crippen LogP contribution in [-0.4, -0.2) is 474 Å². The van der Waals surface area contributed by atoms with Gasteiger partial charge < -0.3 is 7.74 Å². The Morgan fingerprint density at radius 1 is 0.164 bits per heavy atom.